The Kier molecular flexibility index (Phi) is 19.2. The summed E-state index contributed by atoms with van der Waals surface area (Å²) in [6.07, 6.45) is 1.30. The van der Waals surface area contributed by atoms with Gasteiger partial charge in [-0.25, -0.2) is 9.59 Å². The summed E-state index contributed by atoms with van der Waals surface area (Å²) in [7, 11) is 2.75. The van der Waals surface area contributed by atoms with Gasteiger partial charge in [-0.15, -0.1) is 0 Å². The molecule has 43 heavy (non-hydrogen) atoms. The summed E-state index contributed by atoms with van der Waals surface area (Å²) in [6.45, 7) is 21.9. The van der Waals surface area contributed by atoms with E-state index in [0.717, 1.165) is 6.42 Å². The van der Waals surface area contributed by atoms with Crippen LogP contribution in [0.3, 0.4) is 0 Å². The molecule has 0 unspecified atom stereocenters. The van der Waals surface area contributed by atoms with Gasteiger partial charge in [-0.1, -0.05) is 27.0 Å². The van der Waals surface area contributed by atoms with Crippen LogP contribution in [0, 0.1) is 16.2 Å². The largest absolute Gasteiger partial charge is 0.469 e. The molecule has 3 N–H and O–H groups in total. The maximum Gasteiger partial charge on any atom is 0.414 e. The van der Waals surface area contributed by atoms with E-state index >= 15 is 0 Å². The zero-order chi connectivity index (χ0) is 34.0. The molecule has 0 bridgehead atoms. The van der Waals surface area contributed by atoms with Crippen LogP contribution in [0.2, 0.25) is 0 Å². The topological polar surface area (TPSA) is 166 Å². The van der Waals surface area contributed by atoms with Crippen molar-refractivity contribution in [3.8, 4) is 0 Å². The van der Waals surface area contributed by atoms with Crippen LogP contribution in [-0.4, -0.2) is 74.8 Å². The number of urea groups is 1. The van der Waals surface area contributed by atoms with Crippen molar-refractivity contribution < 1.29 is 43.0 Å². The number of nitrogens with one attached hydrogen (secondary N) is 3. The molecule has 5 amide bonds. The molecule has 0 fully saturated rings. The minimum absolute atomic E-state index is 0.106. The van der Waals surface area contributed by atoms with Gasteiger partial charge in [0, 0.05) is 29.2 Å². The minimum Gasteiger partial charge on any atom is -0.469 e. The van der Waals surface area contributed by atoms with E-state index in [-0.39, 0.29) is 35.1 Å². The normalized spacial score (nSPS) is 11.1. The van der Waals surface area contributed by atoms with Crippen LogP contribution < -0.4 is 16.0 Å². The molecule has 0 aromatic carbocycles. The Labute approximate surface area is 260 Å². The zero-order valence-electron chi connectivity index (χ0n) is 27.4. The number of alkyl carbamates (subject to hydrolysis) is 1. The number of ether oxygens (including phenoxy) is 3. The Balaban J connectivity index is 0. The van der Waals surface area contributed by atoms with Crippen molar-refractivity contribution in [3.05, 3.63) is 24.3 Å². The summed E-state index contributed by atoms with van der Waals surface area (Å²) in [5.74, 6) is -0.317. The van der Waals surface area contributed by atoms with Gasteiger partial charge in [0.1, 0.15) is 0 Å². The van der Waals surface area contributed by atoms with Gasteiger partial charge >= 0.3 is 24.1 Å². The molecule has 0 spiro atoms. The van der Waals surface area contributed by atoms with Gasteiger partial charge in [0.05, 0.1) is 31.7 Å². The quantitative estimate of drug-likeness (QED) is 0.101. The molecular weight excluding hydrogens is 578 g/mol. The lowest BCUT2D eigenvalue weighted by Gasteiger charge is -2.33. The number of hydrogen-bond donors (Lipinski definition) is 3. The van der Waals surface area contributed by atoms with E-state index in [2.05, 4.69) is 43.0 Å². The maximum atomic E-state index is 11.7. The average molecular weight is 630 g/mol. The van der Waals surface area contributed by atoms with Crippen molar-refractivity contribution in [2.45, 2.75) is 74.7 Å². The summed E-state index contributed by atoms with van der Waals surface area (Å²) >= 11 is 1.53. The van der Waals surface area contributed by atoms with E-state index in [1.165, 1.54) is 39.8 Å². The Morgan fingerprint density at radius 2 is 1.26 bits per heavy atom. The van der Waals surface area contributed by atoms with Crippen LogP contribution in [0.25, 0.3) is 0 Å². The molecule has 0 aliphatic heterocycles. The second-order valence-corrected chi connectivity index (χ2v) is 13.2. The first-order chi connectivity index (χ1) is 19.6. The molecule has 0 rings (SSSR count). The maximum absolute atomic E-state index is 11.7. The summed E-state index contributed by atoms with van der Waals surface area (Å²) in [6, 6.07) is -0.550. The number of methoxy groups -OCH3 is 2. The third kappa shape index (κ3) is 19.5. The van der Waals surface area contributed by atoms with Gasteiger partial charge in [0.15, 0.2) is 0 Å². The first-order valence-corrected chi connectivity index (χ1v) is 14.9. The SMILES string of the molecule is C=C(C)C(=O)NC(=O)NCCSCC(C)(C)C(=O)OC.C=C(C)C(=O)NC(=O)OCCCC(C)(C)CC(C)(C)C(=O)OC. The van der Waals surface area contributed by atoms with Crippen LogP contribution >= 0.6 is 11.8 Å². The molecular formula is C30H51N3O9S. The summed E-state index contributed by atoms with van der Waals surface area (Å²) < 4.78 is 14.5. The van der Waals surface area contributed by atoms with Crippen molar-refractivity contribution in [2.24, 2.45) is 16.2 Å². The third-order valence-corrected chi connectivity index (χ3v) is 7.26. The molecule has 0 aliphatic carbocycles. The van der Waals surface area contributed by atoms with Gasteiger partial charge in [0.25, 0.3) is 11.8 Å². The molecule has 13 heteroatoms. The van der Waals surface area contributed by atoms with Gasteiger partial charge in [0.2, 0.25) is 0 Å². The molecule has 0 heterocycles. The Hall–Kier alpha value is -3.35. The van der Waals surface area contributed by atoms with Crippen LogP contribution in [0.1, 0.15) is 74.7 Å². The zero-order valence-corrected chi connectivity index (χ0v) is 28.3. The summed E-state index contributed by atoms with van der Waals surface area (Å²) in [4.78, 5) is 68.3. The van der Waals surface area contributed by atoms with E-state index in [1.54, 1.807) is 13.8 Å². The van der Waals surface area contributed by atoms with Crippen molar-refractivity contribution in [1.82, 2.24) is 16.0 Å². The van der Waals surface area contributed by atoms with Gasteiger partial charge in [-0.3, -0.25) is 29.8 Å². The van der Waals surface area contributed by atoms with Crippen molar-refractivity contribution >= 4 is 47.6 Å². The molecule has 0 aromatic heterocycles. The average Bonchev–Trinajstić information content (AvgIpc) is 2.89. The van der Waals surface area contributed by atoms with Gasteiger partial charge in [-0.05, 0) is 66.2 Å². The molecule has 0 aromatic rings. The predicted molar refractivity (Wildman–Crippen MR) is 167 cm³/mol. The number of carbonyl (C=O) groups excluding carboxylic acids is 6. The number of hydrogen-bond acceptors (Lipinski definition) is 10. The Morgan fingerprint density at radius 3 is 1.74 bits per heavy atom. The molecule has 12 nitrogen and oxygen atoms in total. The number of amides is 5. The van der Waals surface area contributed by atoms with Crippen LogP contribution in [0.5, 0.6) is 0 Å². The van der Waals surface area contributed by atoms with Gasteiger partial charge < -0.3 is 19.5 Å². The Morgan fingerprint density at radius 1 is 0.767 bits per heavy atom. The second kappa shape index (κ2) is 19.8. The fraction of sp³-hybridized carbons (Fsp3) is 0.667. The van der Waals surface area contributed by atoms with Crippen LogP contribution in [0.15, 0.2) is 24.3 Å². The lowest BCUT2D eigenvalue weighted by molar-refractivity contribution is -0.152. The summed E-state index contributed by atoms with van der Waals surface area (Å²) in [5.41, 5.74) is -0.713. The molecule has 0 aliphatic rings. The summed E-state index contributed by atoms with van der Waals surface area (Å²) in [5, 5.41) is 6.77. The number of esters is 2. The fourth-order valence-electron chi connectivity index (χ4n) is 3.74. The monoisotopic (exact) mass is 629 g/mol. The molecule has 0 radical (unpaired) electrons. The smallest absolute Gasteiger partial charge is 0.414 e. The third-order valence-electron chi connectivity index (χ3n) is 5.84. The van der Waals surface area contributed by atoms with Crippen molar-refractivity contribution in [3.63, 3.8) is 0 Å². The van der Waals surface area contributed by atoms with Crippen LogP contribution in [0.4, 0.5) is 9.59 Å². The van der Waals surface area contributed by atoms with E-state index in [4.69, 9.17) is 14.2 Å². The lowest BCUT2D eigenvalue weighted by atomic mass is 9.73. The van der Waals surface area contributed by atoms with E-state index < -0.39 is 34.8 Å². The molecule has 0 atom stereocenters. The fourth-order valence-corrected chi connectivity index (χ4v) is 4.76. The molecule has 0 saturated heterocycles. The number of rotatable bonds is 15. The highest BCUT2D eigenvalue weighted by Crippen LogP contribution is 2.37. The highest BCUT2D eigenvalue weighted by atomic mass is 32.2. The Bertz CT molecular complexity index is 1020. The first kappa shape index (κ1) is 41.8. The second-order valence-electron chi connectivity index (χ2n) is 12.1. The molecule has 0 saturated carbocycles. The number of imide groups is 2. The molecule has 246 valence electrons. The predicted octanol–water partition coefficient (Wildman–Crippen LogP) is 4.53. The minimum atomic E-state index is -0.773. The lowest BCUT2D eigenvalue weighted by Crippen LogP contribution is -2.40. The highest BCUT2D eigenvalue weighted by Gasteiger charge is 2.35. The van der Waals surface area contributed by atoms with Crippen LogP contribution in [-0.2, 0) is 33.4 Å². The van der Waals surface area contributed by atoms with Gasteiger partial charge in [-0.2, -0.15) is 11.8 Å². The van der Waals surface area contributed by atoms with Crippen molar-refractivity contribution in [1.29, 1.82) is 0 Å². The van der Waals surface area contributed by atoms with Crippen molar-refractivity contribution in [2.75, 3.05) is 38.9 Å². The van der Waals surface area contributed by atoms with E-state index in [9.17, 15) is 28.8 Å². The van der Waals surface area contributed by atoms with E-state index in [0.29, 0.717) is 30.9 Å². The number of carbonyl (C=O) groups is 6. The highest BCUT2D eigenvalue weighted by molar-refractivity contribution is 7.99. The standard InChI is InChI=1S/C17H29NO5.C13H22N2O4S/c1-12(2)13(19)18-15(21)23-10-8-9-16(3,4)11-17(5,6)14(20)22-7;1-9(2)10(16)15-12(18)14-6-7-20-8-13(3,4)11(17)19-5/h1,8-11H2,2-7H3,(H,18,19,21);1,6-8H2,2-5H3,(H2,14,15,16,18). The number of thioether (sulfide) groups is 1. The first-order valence-electron chi connectivity index (χ1n) is 13.7. The van der Waals surface area contributed by atoms with E-state index in [1.807, 2.05) is 13.8 Å².